The third-order valence-corrected chi connectivity index (χ3v) is 7.10. The Morgan fingerprint density at radius 2 is 2.21 bits per heavy atom. The highest BCUT2D eigenvalue weighted by atomic mass is 35.5. The number of H-pyrrole nitrogens is 1. The van der Waals surface area contributed by atoms with Crippen LogP contribution in [0.4, 0.5) is 5.13 Å². The second-order valence-corrected chi connectivity index (χ2v) is 11.1. The number of nitrogens with one attached hydrogen (secondary N) is 3. The molecule has 1 fully saturated rings. The van der Waals surface area contributed by atoms with Crippen LogP contribution in [0.15, 0.2) is 30.7 Å². The predicted octanol–water partition coefficient (Wildman–Crippen LogP) is 2.80. The van der Waals surface area contributed by atoms with Crippen LogP contribution in [0.3, 0.4) is 0 Å². The van der Waals surface area contributed by atoms with Crippen LogP contribution in [0.2, 0.25) is 5.02 Å². The zero-order valence-electron chi connectivity index (χ0n) is 17.9. The molecule has 14 heteroatoms. The van der Waals surface area contributed by atoms with E-state index in [1.165, 1.54) is 11.3 Å². The van der Waals surface area contributed by atoms with Crippen LogP contribution in [-0.2, 0) is 14.8 Å². The van der Waals surface area contributed by atoms with Gasteiger partial charge >= 0.3 is 0 Å². The number of thiazole rings is 1. The average Bonchev–Trinajstić information content (AvgIpc) is 3.21. The topological polar surface area (TPSA) is 144 Å². The van der Waals surface area contributed by atoms with Gasteiger partial charge in [-0.25, -0.2) is 23.1 Å². The molecule has 3 N–H and O–H groups in total. The number of fused-ring (bicyclic) bond motifs is 1. The van der Waals surface area contributed by atoms with Gasteiger partial charge in [-0.15, -0.1) is 0 Å². The van der Waals surface area contributed by atoms with Gasteiger partial charge in [0.25, 0.3) is 0 Å². The number of ether oxygens (including phenoxy) is 1. The Kier molecular flexibility index (Phi) is 6.02. The van der Waals surface area contributed by atoms with E-state index in [0.717, 1.165) is 23.8 Å². The van der Waals surface area contributed by atoms with Crippen LogP contribution in [0, 0.1) is 5.92 Å². The summed E-state index contributed by atoms with van der Waals surface area (Å²) in [5, 5.41) is 11.1. The number of benzene rings is 1. The van der Waals surface area contributed by atoms with E-state index in [1.54, 1.807) is 35.3 Å². The summed E-state index contributed by atoms with van der Waals surface area (Å²) in [6, 6.07) is 5.21. The third kappa shape index (κ3) is 4.92. The summed E-state index contributed by atoms with van der Waals surface area (Å²) < 4.78 is 32.8. The number of carbonyl (C=O) groups excluding carboxylic acids is 1. The van der Waals surface area contributed by atoms with Gasteiger partial charge in [0.05, 0.1) is 23.2 Å². The van der Waals surface area contributed by atoms with Crippen molar-refractivity contribution in [3.8, 4) is 22.8 Å². The fourth-order valence-electron chi connectivity index (χ4n) is 3.33. The lowest BCUT2D eigenvalue weighted by Gasteiger charge is -2.10. The van der Waals surface area contributed by atoms with E-state index in [9.17, 15) is 13.2 Å². The molecule has 0 bridgehead atoms. The molecule has 4 aromatic rings. The summed E-state index contributed by atoms with van der Waals surface area (Å²) in [4.78, 5) is 20.8. The molecule has 178 valence electrons. The highest BCUT2D eigenvalue weighted by Crippen LogP contribution is 2.36. The zero-order chi connectivity index (χ0) is 23.9. The van der Waals surface area contributed by atoms with Gasteiger partial charge in [-0.1, -0.05) is 22.9 Å². The molecule has 1 aliphatic rings. The molecule has 0 saturated heterocycles. The van der Waals surface area contributed by atoms with E-state index in [2.05, 4.69) is 30.2 Å². The molecule has 0 aliphatic heterocycles. The normalized spacial score (nSPS) is 13.9. The Labute approximate surface area is 203 Å². The maximum atomic E-state index is 12.1. The van der Waals surface area contributed by atoms with Crippen molar-refractivity contribution in [2.24, 2.45) is 5.92 Å². The molecular formula is C20H20ClN7O4S2. The lowest BCUT2D eigenvalue weighted by Crippen LogP contribution is -2.26. The fraction of sp³-hybridized carbons (Fsp3) is 0.300. The minimum atomic E-state index is -3.27. The lowest BCUT2D eigenvalue weighted by molar-refractivity contribution is -0.117. The van der Waals surface area contributed by atoms with Crippen LogP contribution in [0.5, 0.6) is 5.75 Å². The van der Waals surface area contributed by atoms with Crippen molar-refractivity contribution in [3.05, 3.63) is 35.7 Å². The smallest absolute Gasteiger partial charge is 0.229 e. The van der Waals surface area contributed by atoms with Crippen molar-refractivity contribution in [3.63, 3.8) is 0 Å². The van der Waals surface area contributed by atoms with Crippen LogP contribution in [-0.4, -0.2) is 58.5 Å². The predicted molar refractivity (Wildman–Crippen MR) is 129 cm³/mol. The number of sulfonamides is 1. The number of anilines is 1. The maximum Gasteiger partial charge on any atom is 0.229 e. The van der Waals surface area contributed by atoms with Gasteiger partial charge in [-0.05, 0) is 31.0 Å². The summed E-state index contributed by atoms with van der Waals surface area (Å²) in [6.45, 7) is 0.314. The molecule has 3 aromatic heterocycles. The van der Waals surface area contributed by atoms with Gasteiger partial charge in [-0.3, -0.25) is 14.5 Å². The van der Waals surface area contributed by atoms with E-state index in [4.69, 9.17) is 16.3 Å². The number of aromatic nitrogens is 5. The van der Waals surface area contributed by atoms with E-state index < -0.39 is 10.0 Å². The molecule has 1 amide bonds. The number of aromatic amines is 1. The molecule has 1 saturated carbocycles. The Hall–Kier alpha value is -3.00. The molecule has 0 atom stereocenters. The van der Waals surface area contributed by atoms with Gasteiger partial charge in [0.1, 0.15) is 23.4 Å². The Morgan fingerprint density at radius 3 is 2.94 bits per heavy atom. The average molecular weight is 522 g/mol. The van der Waals surface area contributed by atoms with Gasteiger partial charge in [0.15, 0.2) is 16.6 Å². The van der Waals surface area contributed by atoms with Crippen molar-refractivity contribution < 1.29 is 17.9 Å². The van der Waals surface area contributed by atoms with Crippen molar-refractivity contribution in [1.29, 1.82) is 0 Å². The standard InChI is InChI=1S/C20H20ClN7O4S2/c1-34(30,31)23-6-7-32-12-4-5-13(14(21)8-12)15-9-22-10-28(15)18-16-17(26-27-18)24-20(33-16)25-19(29)11-2-3-11/h4-5,8-11,23H,2-3,6-7H2,1H3,(H2,24,25,26,27,29). The summed E-state index contributed by atoms with van der Waals surface area (Å²) >= 11 is 7.88. The minimum absolute atomic E-state index is 0.00424. The highest BCUT2D eigenvalue weighted by molar-refractivity contribution is 7.88. The largest absolute Gasteiger partial charge is 0.492 e. The number of imidazole rings is 1. The molecule has 1 aliphatic carbocycles. The molecule has 11 nitrogen and oxygen atoms in total. The summed E-state index contributed by atoms with van der Waals surface area (Å²) in [6.07, 6.45) is 6.23. The van der Waals surface area contributed by atoms with E-state index in [-0.39, 0.29) is 25.0 Å². The van der Waals surface area contributed by atoms with Crippen molar-refractivity contribution in [2.75, 3.05) is 24.7 Å². The van der Waals surface area contributed by atoms with Crippen molar-refractivity contribution >= 4 is 54.3 Å². The number of carbonyl (C=O) groups is 1. The quantitative estimate of drug-likeness (QED) is 0.287. The Bertz CT molecular complexity index is 1470. The molecule has 34 heavy (non-hydrogen) atoms. The fourth-order valence-corrected chi connectivity index (χ4v) is 4.95. The summed E-state index contributed by atoms with van der Waals surface area (Å²) in [5.74, 6) is 1.19. The second kappa shape index (κ2) is 8.98. The van der Waals surface area contributed by atoms with Crippen LogP contribution in [0.1, 0.15) is 12.8 Å². The molecular weight excluding hydrogens is 502 g/mol. The molecule has 0 spiro atoms. The maximum absolute atomic E-state index is 12.1. The van der Waals surface area contributed by atoms with Gasteiger partial charge in [-0.2, -0.15) is 5.10 Å². The number of halogens is 1. The van der Waals surface area contributed by atoms with E-state index in [0.29, 0.717) is 38.6 Å². The van der Waals surface area contributed by atoms with Gasteiger partial charge in [0.2, 0.25) is 15.9 Å². The lowest BCUT2D eigenvalue weighted by atomic mass is 10.1. The van der Waals surface area contributed by atoms with Crippen LogP contribution in [0.25, 0.3) is 27.4 Å². The SMILES string of the molecule is CS(=O)(=O)NCCOc1ccc(-c2cncn2-c2n[nH]c3nc(NC(=O)C4CC4)sc23)c(Cl)c1. The number of hydrogen-bond donors (Lipinski definition) is 3. The summed E-state index contributed by atoms with van der Waals surface area (Å²) in [5.41, 5.74) is 1.99. The number of rotatable bonds is 9. The Morgan fingerprint density at radius 1 is 1.38 bits per heavy atom. The number of hydrogen-bond acceptors (Lipinski definition) is 8. The van der Waals surface area contributed by atoms with Crippen LogP contribution < -0.4 is 14.8 Å². The molecule has 0 radical (unpaired) electrons. The number of nitrogens with zero attached hydrogens (tertiary/aromatic N) is 4. The van der Waals surface area contributed by atoms with E-state index in [1.807, 2.05) is 0 Å². The van der Waals surface area contributed by atoms with Crippen molar-refractivity contribution in [1.82, 2.24) is 29.5 Å². The molecule has 3 heterocycles. The van der Waals surface area contributed by atoms with Gasteiger partial charge < -0.3 is 10.1 Å². The monoisotopic (exact) mass is 521 g/mol. The molecule has 0 unspecified atom stereocenters. The van der Waals surface area contributed by atoms with Gasteiger partial charge in [0, 0.05) is 18.0 Å². The first-order chi connectivity index (χ1) is 16.3. The molecule has 5 rings (SSSR count). The molecule has 1 aromatic carbocycles. The summed E-state index contributed by atoms with van der Waals surface area (Å²) in [7, 11) is -3.27. The minimum Gasteiger partial charge on any atom is -0.492 e. The zero-order valence-corrected chi connectivity index (χ0v) is 20.3. The highest BCUT2D eigenvalue weighted by Gasteiger charge is 2.30. The Balaban J connectivity index is 1.36. The number of amides is 1. The first kappa shape index (κ1) is 22.8. The first-order valence-electron chi connectivity index (χ1n) is 10.3. The van der Waals surface area contributed by atoms with Crippen LogP contribution >= 0.6 is 22.9 Å². The third-order valence-electron chi connectivity index (χ3n) is 5.09. The van der Waals surface area contributed by atoms with E-state index >= 15 is 0 Å². The van der Waals surface area contributed by atoms with Crippen molar-refractivity contribution in [2.45, 2.75) is 12.8 Å². The second-order valence-electron chi connectivity index (χ2n) is 7.81. The first-order valence-corrected chi connectivity index (χ1v) is 13.4.